The number of aromatic nitrogens is 1. The Kier molecular flexibility index (Phi) is 2.67. The van der Waals surface area contributed by atoms with E-state index < -0.39 is 0 Å². The first-order chi connectivity index (χ1) is 9.15. The number of rotatable bonds is 1. The molecule has 19 heavy (non-hydrogen) atoms. The quantitative estimate of drug-likeness (QED) is 0.594. The van der Waals surface area contributed by atoms with Gasteiger partial charge in [0, 0.05) is 23.7 Å². The van der Waals surface area contributed by atoms with Crippen LogP contribution in [-0.4, -0.2) is 16.8 Å². The van der Waals surface area contributed by atoms with Crippen molar-refractivity contribution in [3.63, 3.8) is 0 Å². The van der Waals surface area contributed by atoms with Crippen LogP contribution in [-0.2, 0) is 9.59 Å². The first-order valence-corrected chi connectivity index (χ1v) is 6.13. The van der Waals surface area contributed by atoms with Crippen molar-refractivity contribution in [3.8, 4) is 0 Å². The number of imide groups is 1. The summed E-state index contributed by atoms with van der Waals surface area (Å²) in [4.78, 5) is 27.4. The van der Waals surface area contributed by atoms with Gasteiger partial charge in [-0.2, -0.15) is 0 Å². The number of pyridine rings is 1. The molecule has 1 aliphatic heterocycles. The third-order valence-corrected chi connectivity index (χ3v) is 3.39. The van der Waals surface area contributed by atoms with Crippen molar-refractivity contribution in [1.82, 2.24) is 10.3 Å². The number of carbonyl (C=O) groups is 2. The first kappa shape index (κ1) is 11.6. The number of hydrogen-bond donors (Lipinski definition) is 2. The molecule has 1 aromatic carbocycles. The van der Waals surface area contributed by atoms with Gasteiger partial charge in [-0.05, 0) is 30.0 Å². The van der Waals surface area contributed by atoms with Crippen molar-refractivity contribution in [2.24, 2.45) is 0 Å². The molecule has 1 aliphatic rings. The fraction of sp³-hybridized carbons (Fsp3) is 0.214. The van der Waals surface area contributed by atoms with E-state index in [0.29, 0.717) is 24.2 Å². The number of nitrogens with two attached hydrogens (primary N) is 1. The van der Waals surface area contributed by atoms with E-state index in [1.165, 1.54) is 0 Å². The Morgan fingerprint density at radius 2 is 2.11 bits per heavy atom. The minimum absolute atomic E-state index is 0.217. The molecule has 2 heterocycles. The fourth-order valence-electron chi connectivity index (χ4n) is 2.45. The molecule has 0 radical (unpaired) electrons. The molecule has 1 unspecified atom stereocenters. The zero-order valence-electron chi connectivity index (χ0n) is 10.2. The van der Waals surface area contributed by atoms with Crippen LogP contribution >= 0.6 is 0 Å². The predicted octanol–water partition coefficient (Wildman–Crippen LogP) is 1.34. The van der Waals surface area contributed by atoms with E-state index in [1.807, 2.05) is 18.2 Å². The molecule has 0 spiro atoms. The second-order valence-electron chi connectivity index (χ2n) is 4.68. The minimum Gasteiger partial charge on any atom is -0.399 e. The number of amides is 2. The van der Waals surface area contributed by atoms with Gasteiger partial charge in [-0.25, -0.2) is 0 Å². The SMILES string of the molecule is Nc1ccc2c(C3CCC(=O)NC3=O)nccc2c1. The Bertz CT molecular complexity index is 681. The van der Waals surface area contributed by atoms with Gasteiger partial charge in [0.25, 0.3) is 0 Å². The Balaban J connectivity index is 2.10. The molecule has 1 aromatic heterocycles. The molecular formula is C14H13N3O2. The molecule has 0 bridgehead atoms. The lowest BCUT2D eigenvalue weighted by molar-refractivity contribution is -0.134. The minimum atomic E-state index is -0.370. The number of nitrogen functional groups attached to an aromatic ring is 1. The van der Waals surface area contributed by atoms with E-state index in [1.54, 1.807) is 12.3 Å². The monoisotopic (exact) mass is 255 g/mol. The number of benzene rings is 1. The number of fused-ring (bicyclic) bond motifs is 1. The van der Waals surface area contributed by atoms with E-state index >= 15 is 0 Å². The molecule has 2 aromatic rings. The average Bonchev–Trinajstić information content (AvgIpc) is 2.38. The van der Waals surface area contributed by atoms with Crippen LogP contribution < -0.4 is 11.1 Å². The van der Waals surface area contributed by atoms with E-state index in [2.05, 4.69) is 10.3 Å². The van der Waals surface area contributed by atoms with Gasteiger partial charge in [-0.15, -0.1) is 0 Å². The second kappa shape index (κ2) is 4.35. The lowest BCUT2D eigenvalue weighted by atomic mass is 9.91. The molecule has 3 N–H and O–H groups in total. The first-order valence-electron chi connectivity index (χ1n) is 6.13. The van der Waals surface area contributed by atoms with Gasteiger partial charge in [0.15, 0.2) is 0 Å². The smallest absolute Gasteiger partial charge is 0.235 e. The van der Waals surface area contributed by atoms with Crippen LogP contribution in [0.2, 0.25) is 0 Å². The van der Waals surface area contributed by atoms with Gasteiger partial charge in [-0.3, -0.25) is 19.9 Å². The van der Waals surface area contributed by atoms with E-state index in [9.17, 15) is 9.59 Å². The zero-order chi connectivity index (χ0) is 13.4. The van der Waals surface area contributed by atoms with Crippen molar-refractivity contribution in [2.45, 2.75) is 18.8 Å². The van der Waals surface area contributed by atoms with Crippen LogP contribution in [0.5, 0.6) is 0 Å². The zero-order valence-corrected chi connectivity index (χ0v) is 10.2. The van der Waals surface area contributed by atoms with Crippen molar-refractivity contribution >= 4 is 28.3 Å². The number of piperidine rings is 1. The van der Waals surface area contributed by atoms with Gasteiger partial charge >= 0.3 is 0 Å². The van der Waals surface area contributed by atoms with E-state index in [0.717, 1.165) is 10.8 Å². The highest BCUT2D eigenvalue weighted by Gasteiger charge is 2.30. The lowest BCUT2D eigenvalue weighted by Gasteiger charge is -2.21. The molecule has 5 nitrogen and oxygen atoms in total. The summed E-state index contributed by atoms with van der Waals surface area (Å²) < 4.78 is 0. The molecule has 5 heteroatoms. The summed E-state index contributed by atoms with van der Waals surface area (Å²) in [5.74, 6) is -0.858. The van der Waals surface area contributed by atoms with Gasteiger partial charge in [0.2, 0.25) is 11.8 Å². The maximum Gasteiger partial charge on any atom is 0.235 e. The third kappa shape index (κ3) is 2.03. The van der Waals surface area contributed by atoms with Crippen LogP contribution in [0.3, 0.4) is 0 Å². The van der Waals surface area contributed by atoms with Crippen LogP contribution in [0.4, 0.5) is 5.69 Å². The summed E-state index contributed by atoms with van der Waals surface area (Å²) in [6, 6.07) is 7.38. The molecular weight excluding hydrogens is 242 g/mol. The second-order valence-corrected chi connectivity index (χ2v) is 4.68. The highest BCUT2D eigenvalue weighted by molar-refractivity contribution is 6.02. The molecule has 1 saturated heterocycles. The number of anilines is 1. The Hall–Kier alpha value is -2.43. The van der Waals surface area contributed by atoms with Crippen molar-refractivity contribution < 1.29 is 9.59 Å². The largest absolute Gasteiger partial charge is 0.399 e. The van der Waals surface area contributed by atoms with Crippen molar-refractivity contribution in [3.05, 3.63) is 36.2 Å². The summed E-state index contributed by atoms with van der Waals surface area (Å²) in [5, 5.41) is 4.22. The van der Waals surface area contributed by atoms with Crippen LogP contribution in [0.25, 0.3) is 10.8 Å². The maximum atomic E-state index is 11.9. The van der Waals surface area contributed by atoms with E-state index in [-0.39, 0.29) is 17.7 Å². The van der Waals surface area contributed by atoms with Gasteiger partial charge in [0.05, 0.1) is 11.6 Å². The van der Waals surface area contributed by atoms with Gasteiger partial charge in [0.1, 0.15) is 0 Å². The highest BCUT2D eigenvalue weighted by Crippen LogP contribution is 2.29. The summed E-state index contributed by atoms with van der Waals surface area (Å²) >= 11 is 0. The Morgan fingerprint density at radius 3 is 2.89 bits per heavy atom. The van der Waals surface area contributed by atoms with Crippen molar-refractivity contribution in [2.75, 3.05) is 5.73 Å². The summed E-state index contributed by atoms with van der Waals surface area (Å²) in [6.45, 7) is 0. The summed E-state index contributed by atoms with van der Waals surface area (Å²) in [7, 11) is 0. The average molecular weight is 255 g/mol. The van der Waals surface area contributed by atoms with Gasteiger partial charge < -0.3 is 5.73 Å². The van der Waals surface area contributed by atoms with Gasteiger partial charge in [-0.1, -0.05) is 6.07 Å². The number of nitrogens with one attached hydrogen (secondary N) is 1. The topological polar surface area (TPSA) is 85.1 Å². The maximum absolute atomic E-state index is 11.9. The Morgan fingerprint density at radius 1 is 1.26 bits per heavy atom. The molecule has 2 amide bonds. The molecule has 3 rings (SSSR count). The lowest BCUT2D eigenvalue weighted by Crippen LogP contribution is -2.39. The standard InChI is InChI=1S/C14H13N3O2/c15-9-1-2-10-8(7-9)5-6-16-13(10)11-3-4-12(18)17-14(11)19/h1-2,5-7,11H,3-4,15H2,(H,17,18,19). The van der Waals surface area contributed by atoms with Crippen LogP contribution in [0, 0.1) is 0 Å². The van der Waals surface area contributed by atoms with Crippen molar-refractivity contribution in [1.29, 1.82) is 0 Å². The molecule has 0 saturated carbocycles. The Labute approximate surface area is 109 Å². The summed E-state index contributed by atoms with van der Waals surface area (Å²) in [5.41, 5.74) is 7.14. The molecule has 1 fully saturated rings. The highest BCUT2D eigenvalue weighted by atomic mass is 16.2. The molecule has 0 aliphatic carbocycles. The van der Waals surface area contributed by atoms with E-state index in [4.69, 9.17) is 5.73 Å². The fourth-order valence-corrected chi connectivity index (χ4v) is 2.45. The number of carbonyl (C=O) groups excluding carboxylic acids is 2. The van der Waals surface area contributed by atoms with Crippen LogP contribution in [0.15, 0.2) is 30.5 Å². The van der Waals surface area contributed by atoms with Crippen LogP contribution in [0.1, 0.15) is 24.5 Å². The predicted molar refractivity (Wildman–Crippen MR) is 71.3 cm³/mol. The molecule has 1 atom stereocenters. The summed E-state index contributed by atoms with van der Waals surface area (Å²) in [6.07, 6.45) is 2.52. The number of hydrogen-bond acceptors (Lipinski definition) is 4. The third-order valence-electron chi connectivity index (χ3n) is 3.39. The number of nitrogens with zero attached hydrogens (tertiary/aromatic N) is 1. The normalized spacial score (nSPS) is 19.5. The molecule has 96 valence electrons.